The van der Waals surface area contributed by atoms with Crippen LogP contribution < -0.4 is 0 Å². The number of carbonyl (C=O) groups is 1. The van der Waals surface area contributed by atoms with Gasteiger partial charge in [-0.05, 0) is 24.5 Å². The summed E-state index contributed by atoms with van der Waals surface area (Å²) in [5.41, 5.74) is 1.80. The Labute approximate surface area is 131 Å². The molecule has 2 saturated heterocycles. The summed E-state index contributed by atoms with van der Waals surface area (Å²) in [6.45, 7) is 4.66. The highest BCUT2D eigenvalue weighted by Crippen LogP contribution is 2.17. The van der Waals surface area contributed by atoms with E-state index in [-0.39, 0.29) is 12.0 Å². The number of piperazine rings is 1. The molecule has 0 saturated carbocycles. The standard InChI is InChI=1S/C17H21N3O2/c18-12-14-4-1-2-5-15(14)13-19-7-9-20(10-8-19)17(21)16-6-3-11-22-16/h1-2,4-5,16H,3,6-11,13H2/t16-/m1/s1. The average Bonchev–Trinajstić information content (AvgIpc) is 3.10. The van der Waals surface area contributed by atoms with Crippen molar-refractivity contribution >= 4 is 5.91 Å². The van der Waals surface area contributed by atoms with Crippen LogP contribution in [0.5, 0.6) is 0 Å². The van der Waals surface area contributed by atoms with Crippen molar-refractivity contribution in [2.24, 2.45) is 0 Å². The van der Waals surface area contributed by atoms with Gasteiger partial charge in [-0.3, -0.25) is 9.69 Å². The van der Waals surface area contributed by atoms with Crippen LogP contribution in [-0.4, -0.2) is 54.6 Å². The van der Waals surface area contributed by atoms with E-state index in [9.17, 15) is 4.79 Å². The van der Waals surface area contributed by atoms with Crippen molar-refractivity contribution in [3.05, 3.63) is 35.4 Å². The number of amides is 1. The Kier molecular flexibility index (Phi) is 4.71. The fourth-order valence-corrected chi connectivity index (χ4v) is 3.11. The van der Waals surface area contributed by atoms with Crippen LogP contribution in [-0.2, 0) is 16.1 Å². The van der Waals surface area contributed by atoms with Crippen molar-refractivity contribution < 1.29 is 9.53 Å². The number of nitriles is 1. The molecule has 0 N–H and O–H groups in total. The maximum absolute atomic E-state index is 12.3. The smallest absolute Gasteiger partial charge is 0.251 e. The molecule has 5 heteroatoms. The third kappa shape index (κ3) is 3.29. The first-order valence-corrected chi connectivity index (χ1v) is 7.88. The summed E-state index contributed by atoms with van der Waals surface area (Å²) in [6, 6.07) is 9.95. The normalized spacial score (nSPS) is 22.5. The predicted molar refractivity (Wildman–Crippen MR) is 82.0 cm³/mol. The summed E-state index contributed by atoms with van der Waals surface area (Å²) >= 11 is 0. The lowest BCUT2D eigenvalue weighted by Crippen LogP contribution is -2.51. The highest BCUT2D eigenvalue weighted by molar-refractivity contribution is 5.81. The van der Waals surface area contributed by atoms with Gasteiger partial charge < -0.3 is 9.64 Å². The topological polar surface area (TPSA) is 56.6 Å². The molecular formula is C17H21N3O2. The molecule has 116 valence electrons. The van der Waals surface area contributed by atoms with Gasteiger partial charge in [0.1, 0.15) is 6.10 Å². The second-order valence-corrected chi connectivity index (χ2v) is 5.87. The van der Waals surface area contributed by atoms with Gasteiger partial charge >= 0.3 is 0 Å². The van der Waals surface area contributed by atoms with Crippen molar-refractivity contribution in [3.63, 3.8) is 0 Å². The molecule has 0 spiro atoms. The Hall–Kier alpha value is -1.90. The van der Waals surface area contributed by atoms with Crippen molar-refractivity contribution in [2.45, 2.75) is 25.5 Å². The first-order valence-electron chi connectivity index (χ1n) is 7.88. The molecule has 2 aliphatic rings. The van der Waals surface area contributed by atoms with E-state index in [1.165, 1.54) is 0 Å². The van der Waals surface area contributed by atoms with Gasteiger partial charge in [0.05, 0.1) is 11.6 Å². The van der Waals surface area contributed by atoms with Crippen molar-refractivity contribution in [1.82, 2.24) is 9.80 Å². The molecule has 2 fully saturated rings. The fraction of sp³-hybridized carbons (Fsp3) is 0.529. The maximum Gasteiger partial charge on any atom is 0.251 e. The molecule has 2 aliphatic heterocycles. The second-order valence-electron chi connectivity index (χ2n) is 5.87. The van der Waals surface area contributed by atoms with Crippen LogP contribution in [0.4, 0.5) is 0 Å². The molecule has 0 aliphatic carbocycles. The SMILES string of the molecule is N#Cc1ccccc1CN1CCN(C(=O)[C@H]2CCCO2)CC1. The van der Waals surface area contributed by atoms with Gasteiger partial charge in [-0.1, -0.05) is 18.2 Å². The summed E-state index contributed by atoms with van der Waals surface area (Å²) in [7, 11) is 0. The van der Waals surface area contributed by atoms with Gasteiger partial charge in [0.2, 0.25) is 0 Å². The van der Waals surface area contributed by atoms with E-state index >= 15 is 0 Å². The molecule has 1 atom stereocenters. The minimum Gasteiger partial charge on any atom is -0.368 e. The molecule has 0 aromatic heterocycles. The molecule has 22 heavy (non-hydrogen) atoms. The number of benzene rings is 1. The van der Waals surface area contributed by atoms with E-state index in [2.05, 4.69) is 11.0 Å². The first kappa shape index (κ1) is 15.0. The summed E-state index contributed by atoms with van der Waals surface area (Å²) < 4.78 is 5.48. The van der Waals surface area contributed by atoms with Crippen LogP contribution in [0.25, 0.3) is 0 Å². The summed E-state index contributed by atoms with van der Waals surface area (Å²) in [6.07, 6.45) is 1.63. The van der Waals surface area contributed by atoms with E-state index in [0.717, 1.165) is 56.7 Å². The molecule has 0 bridgehead atoms. The van der Waals surface area contributed by atoms with E-state index in [1.54, 1.807) is 0 Å². The van der Waals surface area contributed by atoms with E-state index < -0.39 is 0 Å². The van der Waals surface area contributed by atoms with Crippen molar-refractivity contribution in [2.75, 3.05) is 32.8 Å². The van der Waals surface area contributed by atoms with Crippen LogP contribution in [0, 0.1) is 11.3 Å². The summed E-state index contributed by atoms with van der Waals surface area (Å²) in [5.74, 6) is 0.148. The molecule has 0 unspecified atom stereocenters. The number of ether oxygens (including phenoxy) is 1. The fourth-order valence-electron chi connectivity index (χ4n) is 3.11. The zero-order valence-electron chi connectivity index (χ0n) is 12.7. The molecule has 5 nitrogen and oxygen atoms in total. The summed E-state index contributed by atoms with van der Waals surface area (Å²) in [4.78, 5) is 16.5. The van der Waals surface area contributed by atoms with Crippen LogP contribution >= 0.6 is 0 Å². The van der Waals surface area contributed by atoms with Gasteiger partial charge in [-0.15, -0.1) is 0 Å². The van der Waals surface area contributed by atoms with Crippen molar-refractivity contribution in [1.29, 1.82) is 5.26 Å². The molecule has 1 aromatic rings. The third-order valence-corrected chi connectivity index (χ3v) is 4.42. The van der Waals surface area contributed by atoms with Crippen LogP contribution in [0.2, 0.25) is 0 Å². The summed E-state index contributed by atoms with van der Waals surface area (Å²) in [5, 5.41) is 9.15. The Morgan fingerprint density at radius 1 is 1.27 bits per heavy atom. The predicted octanol–water partition coefficient (Wildman–Crippen LogP) is 1.38. The minimum absolute atomic E-state index is 0.148. The number of nitrogens with zero attached hydrogens (tertiary/aromatic N) is 3. The van der Waals surface area contributed by atoms with Crippen molar-refractivity contribution in [3.8, 4) is 6.07 Å². The van der Waals surface area contributed by atoms with Gasteiger partial charge in [0.25, 0.3) is 5.91 Å². The Balaban J connectivity index is 1.53. The molecular weight excluding hydrogens is 278 g/mol. The van der Waals surface area contributed by atoms with Crippen LogP contribution in [0.15, 0.2) is 24.3 Å². The second kappa shape index (κ2) is 6.91. The van der Waals surface area contributed by atoms with Gasteiger partial charge in [-0.25, -0.2) is 0 Å². The first-order chi connectivity index (χ1) is 10.8. The monoisotopic (exact) mass is 299 g/mol. The quantitative estimate of drug-likeness (QED) is 0.846. The largest absolute Gasteiger partial charge is 0.368 e. The highest BCUT2D eigenvalue weighted by atomic mass is 16.5. The zero-order valence-corrected chi connectivity index (χ0v) is 12.7. The number of hydrogen-bond donors (Lipinski definition) is 0. The highest BCUT2D eigenvalue weighted by Gasteiger charge is 2.30. The lowest BCUT2D eigenvalue weighted by atomic mass is 10.1. The molecule has 2 heterocycles. The van der Waals surface area contributed by atoms with Gasteiger partial charge in [0, 0.05) is 39.3 Å². The zero-order chi connectivity index (χ0) is 15.4. The lowest BCUT2D eigenvalue weighted by molar-refractivity contribution is -0.142. The maximum atomic E-state index is 12.3. The van der Waals surface area contributed by atoms with E-state index in [1.807, 2.05) is 29.2 Å². The number of hydrogen-bond acceptors (Lipinski definition) is 4. The van der Waals surface area contributed by atoms with Gasteiger partial charge in [0.15, 0.2) is 0 Å². The molecule has 1 aromatic carbocycles. The van der Waals surface area contributed by atoms with E-state index in [4.69, 9.17) is 10.00 Å². The number of rotatable bonds is 3. The average molecular weight is 299 g/mol. The lowest BCUT2D eigenvalue weighted by Gasteiger charge is -2.35. The molecule has 0 radical (unpaired) electrons. The van der Waals surface area contributed by atoms with E-state index in [0.29, 0.717) is 6.61 Å². The van der Waals surface area contributed by atoms with Crippen LogP contribution in [0.1, 0.15) is 24.0 Å². The molecule has 3 rings (SSSR count). The number of carbonyl (C=O) groups excluding carboxylic acids is 1. The Bertz CT molecular complexity index is 568. The van der Waals surface area contributed by atoms with Gasteiger partial charge in [-0.2, -0.15) is 5.26 Å². The Morgan fingerprint density at radius 3 is 2.73 bits per heavy atom. The Morgan fingerprint density at radius 2 is 2.05 bits per heavy atom. The third-order valence-electron chi connectivity index (χ3n) is 4.42. The minimum atomic E-state index is -0.217. The van der Waals surface area contributed by atoms with Crippen LogP contribution in [0.3, 0.4) is 0 Å². The molecule has 1 amide bonds.